The first-order valence-corrected chi connectivity index (χ1v) is 4.77. The predicted molar refractivity (Wildman–Crippen MR) is 60.4 cm³/mol. The summed E-state index contributed by atoms with van der Waals surface area (Å²) in [6, 6.07) is 12.5. The number of ether oxygens (including phenoxy) is 1. The number of carbonyl (C=O) groups is 1. The van der Waals surface area contributed by atoms with Crippen molar-refractivity contribution in [3.05, 3.63) is 48.7 Å². The highest BCUT2D eigenvalue weighted by Gasteiger charge is 1.97. The van der Waals surface area contributed by atoms with E-state index in [4.69, 9.17) is 4.74 Å². The van der Waals surface area contributed by atoms with Gasteiger partial charge in [-0.15, -0.1) is 0 Å². The molecule has 4 heteroatoms. The highest BCUT2D eigenvalue weighted by Crippen LogP contribution is 2.20. The van der Waals surface area contributed by atoms with Crippen molar-refractivity contribution in [2.75, 3.05) is 5.32 Å². The number of hydrogen-bond donors (Lipinski definition) is 1. The van der Waals surface area contributed by atoms with Crippen molar-refractivity contribution < 1.29 is 9.53 Å². The van der Waals surface area contributed by atoms with Crippen LogP contribution in [0.3, 0.4) is 0 Å². The number of rotatable bonds is 4. The van der Waals surface area contributed by atoms with Gasteiger partial charge in [0, 0.05) is 18.0 Å². The van der Waals surface area contributed by atoms with Gasteiger partial charge in [0.25, 0.3) is 0 Å². The van der Waals surface area contributed by atoms with Crippen LogP contribution < -0.4 is 10.1 Å². The predicted octanol–water partition coefficient (Wildman–Crippen LogP) is 2.44. The zero-order chi connectivity index (χ0) is 11.2. The smallest absolute Gasteiger partial charge is 0.219 e. The zero-order valence-corrected chi connectivity index (χ0v) is 8.46. The third-order valence-electron chi connectivity index (χ3n) is 1.94. The maximum Gasteiger partial charge on any atom is 0.219 e. The summed E-state index contributed by atoms with van der Waals surface area (Å²) < 4.78 is 5.48. The lowest BCUT2D eigenvalue weighted by Crippen LogP contribution is -1.93. The molecule has 2 rings (SSSR count). The molecule has 0 unspecified atom stereocenters. The molecule has 0 saturated carbocycles. The monoisotopic (exact) mass is 214 g/mol. The Kier molecular flexibility index (Phi) is 3.13. The lowest BCUT2D eigenvalue weighted by molar-refractivity contribution is -0.105. The van der Waals surface area contributed by atoms with Gasteiger partial charge in [-0.3, -0.25) is 4.79 Å². The summed E-state index contributed by atoms with van der Waals surface area (Å²) in [6.07, 6.45) is 2.30. The van der Waals surface area contributed by atoms with Crippen LogP contribution in [0.5, 0.6) is 11.6 Å². The average Bonchev–Trinajstić information content (AvgIpc) is 2.33. The molecule has 0 atom stereocenters. The second kappa shape index (κ2) is 4.93. The number of nitrogens with one attached hydrogen (secondary N) is 1. The lowest BCUT2D eigenvalue weighted by Gasteiger charge is -2.04. The number of anilines is 1. The van der Waals surface area contributed by atoms with E-state index in [1.807, 2.05) is 12.1 Å². The molecule has 0 saturated heterocycles. The van der Waals surface area contributed by atoms with Crippen molar-refractivity contribution in [3.8, 4) is 11.6 Å². The first-order valence-electron chi connectivity index (χ1n) is 4.77. The Morgan fingerprint density at radius 2 is 1.94 bits per heavy atom. The minimum atomic E-state index is 0.540. The van der Waals surface area contributed by atoms with E-state index in [-0.39, 0.29) is 0 Å². The molecule has 1 heterocycles. The molecule has 0 aliphatic carbocycles. The van der Waals surface area contributed by atoms with Gasteiger partial charge in [0.2, 0.25) is 12.3 Å². The minimum Gasteiger partial charge on any atom is -0.439 e. The third kappa shape index (κ3) is 2.57. The van der Waals surface area contributed by atoms with E-state index in [0.717, 1.165) is 5.69 Å². The molecule has 0 bridgehead atoms. The fourth-order valence-electron chi connectivity index (χ4n) is 1.22. The van der Waals surface area contributed by atoms with Gasteiger partial charge < -0.3 is 10.1 Å². The van der Waals surface area contributed by atoms with Gasteiger partial charge in [0.05, 0.1) is 0 Å². The molecule has 0 spiro atoms. The highest BCUT2D eigenvalue weighted by atomic mass is 16.5. The molecular formula is C12H10N2O2. The standard InChI is InChI=1S/C12H10N2O2/c15-9-14-10-4-6-11(7-5-10)16-12-3-1-2-8-13-12/h1-9H,(H,14,15). The minimum absolute atomic E-state index is 0.540. The van der Waals surface area contributed by atoms with Gasteiger partial charge >= 0.3 is 0 Å². The highest BCUT2D eigenvalue weighted by molar-refractivity contribution is 5.71. The number of hydrogen-bond acceptors (Lipinski definition) is 3. The van der Waals surface area contributed by atoms with Crippen LogP contribution in [0, 0.1) is 0 Å². The summed E-state index contributed by atoms with van der Waals surface area (Å²) in [7, 11) is 0. The molecule has 1 amide bonds. The quantitative estimate of drug-likeness (QED) is 0.795. The van der Waals surface area contributed by atoms with Crippen molar-refractivity contribution in [1.82, 2.24) is 4.98 Å². The van der Waals surface area contributed by atoms with Crippen LogP contribution in [-0.4, -0.2) is 11.4 Å². The Bertz CT molecular complexity index is 454. The Hall–Kier alpha value is -2.36. The Morgan fingerprint density at radius 3 is 2.56 bits per heavy atom. The summed E-state index contributed by atoms with van der Waals surface area (Å²) in [5, 5.41) is 2.55. The van der Waals surface area contributed by atoms with Crippen LogP contribution in [0.15, 0.2) is 48.7 Å². The van der Waals surface area contributed by atoms with Gasteiger partial charge in [-0.05, 0) is 30.3 Å². The molecule has 1 aromatic heterocycles. The number of aromatic nitrogens is 1. The zero-order valence-electron chi connectivity index (χ0n) is 8.46. The summed E-state index contributed by atoms with van der Waals surface area (Å²) in [6.45, 7) is 0. The number of carbonyl (C=O) groups excluding carboxylic acids is 1. The molecule has 0 aliphatic rings. The molecule has 0 aliphatic heterocycles. The average molecular weight is 214 g/mol. The molecule has 0 fully saturated rings. The fourth-order valence-corrected chi connectivity index (χ4v) is 1.22. The van der Waals surface area contributed by atoms with Crippen molar-refractivity contribution in [1.29, 1.82) is 0 Å². The first kappa shape index (κ1) is 10.2. The summed E-state index contributed by atoms with van der Waals surface area (Å²) in [4.78, 5) is 14.2. The van der Waals surface area contributed by atoms with E-state index in [0.29, 0.717) is 18.0 Å². The number of benzene rings is 1. The number of nitrogens with zero attached hydrogens (tertiary/aromatic N) is 1. The second-order valence-corrected chi connectivity index (χ2v) is 3.06. The maximum atomic E-state index is 10.2. The van der Waals surface area contributed by atoms with Crippen LogP contribution in [0.4, 0.5) is 5.69 Å². The molecule has 16 heavy (non-hydrogen) atoms. The van der Waals surface area contributed by atoms with Gasteiger partial charge in [0.15, 0.2) is 0 Å². The van der Waals surface area contributed by atoms with E-state index < -0.39 is 0 Å². The Balaban J connectivity index is 2.08. The van der Waals surface area contributed by atoms with Gasteiger partial charge in [-0.2, -0.15) is 0 Å². The van der Waals surface area contributed by atoms with Crippen LogP contribution in [0.2, 0.25) is 0 Å². The number of pyridine rings is 1. The summed E-state index contributed by atoms with van der Waals surface area (Å²) >= 11 is 0. The topological polar surface area (TPSA) is 51.2 Å². The normalized spacial score (nSPS) is 9.50. The van der Waals surface area contributed by atoms with E-state index in [9.17, 15) is 4.79 Å². The molecule has 2 aromatic rings. The second-order valence-electron chi connectivity index (χ2n) is 3.06. The van der Waals surface area contributed by atoms with Crippen LogP contribution >= 0.6 is 0 Å². The van der Waals surface area contributed by atoms with Crippen LogP contribution in [-0.2, 0) is 4.79 Å². The van der Waals surface area contributed by atoms with Crippen LogP contribution in [0.25, 0.3) is 0 Å². The molecule has 4 nitrogen and oxygen atoms in total. The van der Waals surface area contributed by atoms with E-state index >= 15 is 0 Å². The first-order chi connectivity index (χ1) is 7.88. The van der Waals surface area contributed by atoms with E-state index in [2.05, 4.69) is 10.3 Å². The lowest BCUT2D eigenvalue weighted by atomic mass is 10.3. The molecule has 1 aromatic carbocycles. The third-order valence-corrected chi connectivity index (χ3v) is 1.94. The van der Waals surface area contributed by atoms with E-state index in [1.54, 1.807) is 36.5 Å². The molecule has 0 radical (unpaired) electrons. The van der Waals surface area contributed by atoms with E-state index in [1.165, 1.54) is 0 Å². The SMILES string of the molecule is O=CNc1ccc(Oc2ccccn2)cc1. The van der Waals surface area contributed by atoms with Crippen molar-refractivity contribution >= 4 is 12.1 Å². The summed E-state index contributed by atoms with van der Waals surface area (Å²) in [5.41, 5.74) is 0.725. The Labute approximate surface area is 92.9 Å². The van der Waals surface area contributed by atoms with Crippen molar-refractivity contribution in [2.24, 2.45) is 0 Å². The van der Waals surface area contributed by atoms with Gasteiger partial charge in [-0.1, -0.05) is 6.07 Å². The summed E-state index contributed by atoms with van der Waals surface area (Å²) in [5.74, 6) is 1.22. The molecule has 80 valence electrons. The van der Waals surface area contributed by atoms with Crippen LogP contribution in [0.1, 0.15) is 0 Å². The number of amides is 1. The molecule has 1 N–H and O–H groups in total. The Morgan fingerprint density at radius 1 is 1.12 bits per heavy atom. The fraction of sp³-hybridized carbons (Fsp3) is 0. The van der Waals surface area contributed by atoms with Gasteiger partial charge in [-0.25, -0.2) is 4.98 Å². The molecular weight excluding hydrogens is 204 g/mol. The van der Waals surface area contributed by atoms with Gasteiger partial charge in [0.1, 0.15) is 5.75 Å². The van der Waals surface area contributed by atoms with Crippen molar-refractivity contribution in [3.63, 3.8) is 0 Å². The maximum absolute atomic E-state index is 10.2. The van der Waals surface area contributed by atoms with Crippen molar-refractivity contribution in [2.45, 2.75) is 0 Å². The largest absolute Gasteiger partial charge is 0.439 e.